The lowest BCUT2D eigenvalue weighted by Gasteiger charge is -2.29. The molecular weight excluding hydrogens is 234 g/mol. The minimum atomic E-state index is 0.342. The lowest BCUT2D eigenvalue weighted by Crippen LogP contribution is -2.29. The van der Waals surface area contributed by atoms with Gasteiger partial charge in [0.1, 0.15) is 5.75 Å². The van der Waals surface area contributed by atoms with Gasteiger partial charge in [0, 0.05) is 12.0 Å². The van der Waals surface area contributed by atoms with E-state index in [0.717, 1.165) is 18.8 Å². The molecule has 1 aliphatic heterocycles. The summed E-state index contributed by atoms with van der Waals surface area (Å²) in [6.07, 6.45) is 4.85. The van der Waals surface area contributed by atoms with E-state index in [-0.39, 0.29) is 0 Å². The maximum atomic E-state index is 5.79. The third-order valence-electron chi connectivity index (χ3n) is 4.19. The first-order chi connectivity index (χ1) is 9.20. The summed E-state index contributed by atoms with van der Waals surface area (Å²) in [5.74, 6) is 1.03. The number of hydrogen-bond acceptors (Lipinski definition) is 2. The molecular formula is C17H27NO. The van der Waals surface area contributed by atoms with E-state index in [1.165, 1.54) is 37.9 Å². The van der Waals surface area contributed by atoms with Crippen LogP contribution in [0.15, 0.2) is 24.3 Å². The van der Waals surface area contributed by atoms with Gasteiger partial charge in [0.15, 0.2) is 0 Å². The molecule has 0 saturated carbocycles. The topological polar surface area (TPSA) is 12.5 Å². The quantitative estimate of drug-likeness (QED) is 0.771. The maximum Gasteiger partial charge on any atom is 0.119 e. The summed E-state index contributed by atoms with van der Waals surface area (Å²) in [6, 6.07) is 8.78. The molecule has 1 saturated heterocycles. The van der Waals surface area contributed by atoms with Crippen LogP contribution in [-0.2, 0) is 5.41 Å². The number of nitrogens with zero attached hydrogens (tertiary/aromatic N) is 1. The van der Waals surface area contributed by atoms with Crippen LogP contribution in [0.2, 0.25) is 0 Å². The van der Waals surface area contributed by atoms with Gasteiger partial charge in [-0.15, -0.1) is 0 Å². The Morgan fingerprint density at radius 3 is 2.74 bits per heavy atom. The second-order valence-electron chi connectivity index (χ2n) is 5.89. The summed E-state index contributed by atoms with van der Waals surface area (Å²) in [4.78, 5) is 2.45. The molecule has 1 aromatic rings. The van der Waals surface area contributed by atoms with Crippen molar-refractivity contribution in [3.05, 3.63) is 29.8 Å². The number of rotatable bonds is 6. The summed E-state index contributed by atoms with van der Waals surface area (Å²) in [6.45, 7) is 7.63. The highest BCUT2D eigenvalue weighted by Crippen LogP contribution is 2.39. The first-order valence-electron chi connectivity index (χ1n) is 7.62. The largest absolute Gasteiger partial charge is 0.494 e. The first-order valence-corrected chi connectivity index (χ1v) is 7.62. The van der Waals surface area contributed by atoms with E-state index in [4.69, 9.17) is 4.74 Å². The summed E-state index contributed by atoms with van der Waals surface area (Å²) < 4.78 is 5.79. The summed E-state index contributed by atoms with van der Waals surface area (Å²) in [5.41, 5.74) is 1.81. The van der Waals surface area contributed by atoms with Crippen molar-refractivity contribution >= 4 is 0 Å². The highest BCUT2D eigenvalue weighted by Gasteiger charge is 2.37. The van der Waals surface area contributed by atoms with Crippen LogP contribution in [-0.4, -0.2) is 31.6 Å². The van der Waals surface area contributed by atoms with E-state index in [9.17, 15) is 0 Å². The third-order valence-corrected chi connectivity index (χ3v) is 4.19. The maximum absolute atomic E-state index is 5.79. The first kappa shape index (κ1) is 14.4. The van der Waals surface area contributed by atoms with Gasteiger partial charge in [-0.1, -0.05) is 32.4 Å². The van der Waals surface area contributed by atoms with Crippen LogP contribution in [0.5, 0.6) is 5.75 Å². The molecule has 1 atom stereocenters. The molecule has 0 bridgehead atoms. The van der Waals surface area contributed by atoms with Crippen LogP contribution in [0.1, 0.15) is 45.1 Å². The Bertz CT molecular complexity index is 400. The number of likely N-dealkylation sites (N-methyl/N-ethyl adjacent to an activating group) is 1. The van der Waals surface area contributed by atoms with E-state index >= 15 is 0 Å². The molecule has 0 aromatic heterocycles. The average molecular weight is 261 g/mol. The summed E-state index contributed by atoms with van der Waals surface area (Å²) >= 11 is 0. The summed E-state index contributed by atoms with van der Waals surface area (Å²) in [7, 11) is 2.23. The molecule has 1 fully saturated rings. The van der Waals surface area contributed by atoms with E-state index in [0.29, 0.717) is 5.41 Å². The lowest BCUT2D eigenvalue weighted by molar-refractivity contribution is 0.314. The Balaban J connectivity index is 2.22. The standard InChI is InChI=1S/C17H27NO/c1-4-9-17(10-11-18(3)14-17)15-7-6-8-16(13-15)19-12-5-2/h6-8,13H,4-5,9-12,14H2,1-3H3. The SMILES string of the molecule is CCCOc1cccc(C2(CCC)CCN(C)C2)c1. The van der Waals surface area contributed by atoms with Gasteiger partial charge < -0.3 is 9.64 Å². The van der Waals surface area contributed by atoms with Crippen LogP contribution in [0, 0.1) is 0 Å². The molecule has 1 aromatic carbocycles. The fourth-order valence-corrected chi connectivity index (χ4v) is 3.28. The van der Waals surface area contributed by atoms with Crippen molar-refractivity contribution in [2.75, 3.05) is 26.7 Å². The van der Waals surface area contributed by atoms with E-state index in [1.807, 2.05) is 0 Å². The van der Waals surface area contributed by atoms with Gasteiger partial charge in [-0.2, -0.15) is 0 Å². The van der Waals surface area contributed by atoms with Crippen LogP contribution in [0.3, 0.4) is 0 Å². The van der Waals surface area contributed by atoms with Gasteiger partial charge >= 0.3 is 0 Å². The molecule has 2 nitrogen and oxygen atoms in total. The molecule has 2 rings (SSSR count). The minimum Gasteiger partial charge on any atom is -0.494 e. The van der Waals surface area contributed by atoms with Gasteiger partial charge in [0.05, 0.1) is 6.61 Å². The normalized spacial score (nSPS) is 23.7. The Morgan fingerprint density at radius 2 is 2.11 bits per heavy atom. The molecule has 0 amide bonds. The van der Waals surface area contributed by atoms with Crippen LogP contribution < -0.4 is 4.74 Å². The van der Waals surface area contributed by atoms with E-state index in [2.05, 4.69) is 50.1 Å². The molecule has 0 aliphatic carbocycles. The van der Waals surface area contributed by atoms with Gasteiger partial charge in [-0.3, -0.25) is 0 Å². The Morgan fingerprint density at radius 1 is 1.26 bits per heavy atom. The second kappa shape index (κ2) is 6.42. The van der Waals surface area contributed by atoms with Crippen LogP contribution >= 0.6 is 0 Å². The monoisotopic (exact) mass is 261 g/mol. The van der Waals surface area contributed by atoms with E-state index < -0.39 is 0 Å². The molecule has 0 N–H and O–H groups in total. The van der Waals surface area contributed by atoms with Crippen molar-refractivity contribution in [2.45, 2.75) is 44.9 Å². The fourth-order valence-electron chi connectivity index (χ4n) is 3.28. The molecule has 1 aliphatic rings. The smallest absolute Gasteiger partial charge is 0.119 e. The fraction of sp³-hybridized carbons (Fsp3) is 0.647. The van der Waals surface area contributed by atoms with Crippen LogP contribution in [0.25, 0.3) is 0 Å². The molecule has 0 spiro atoms. The van der Waals surface area contributed by atoms with Gasteiger partial charge in [0.25, 0.3) is 0 Å². The van der Waals surface area contributed by atoms with Crippen molar-refractivity contribution in [1.29, 1.82) is 0 Å². The van der Waals surface area contributed by atoms with Gasteiger partial charge in [0.2, 0.25) is 0 Å². The van der Waals surface area contributed by atoms with Crippen molar-refractivity contribution in [3.63, 3.8) is 0 Å². The van der Waals surface area contributed by atoms with Crippen molar-refractivity contribution in [2.24, 2.45) is 0 Å². The third kappa shape index (κ3) is 3.30. The molecule has 2 heteroatoms. The summed E-state index contributed by atoms with van der Waals surface area (Å²) in [5, 5.41) is 0. The molecule has 19 heavy (non-hydrogen) atoms. The van der Waals surface area contributed by atoms with Gasteiger partial charge in [-0.25, -0.2) is 0 Å². The molecule has 1 unspecified atom stereocenters. The van der Waals surface area contributed by atoms with Crippen molar-refractivity contribution in [3.8, 4) is 5.75 Å². The number of ether oxygens (including phenoxy) is 1. The number of hydrogen-bond donors (Lipinski definition) is 0. The predicted molar refractivity (Wildman–Crippen MR) is 80.9 cm³/mol. The molecule has 0 radical (unpaired) electrons. The highest BCUT2D eigenvalue weighted by atomic mass is 16.5. The minimum absolute atomic E-state index is 0.342. The Labute approximate surface area is 117 Å². The molecule has 1 heterocycles. The van der Waals surface area contributed by atoms with Crippen molar-refractivity contribution < 1.29 is 4.74 Å². The van der Waals surface area contributed by atoms with E-state index in [1.54, 1.807) is 0 Å². The molecule has 106 valence electrons. The number of likely N-dealkylation sites (tertiary alicyclic amines) is 1. The average Bonchev–Trinajstić information content (AvgIpc) is 2.80. The van der Waals surface area contributed by atoms with Crippen molar-refractivity contribution in [1.82, 2.24) is 4.90 Å². The number of benzene rings is 1. The second-order valence-corrected chi connectivity index (χ2v) is 5.89. The Hall–Kier alpha value is -1.02. The van der Waals surface area contributed by atoms with Crippen LogP contribution in [0.4, 0.5) is 0 Å². The Kier molecular flexibility index (Phi) is 4.87. The van der Waals surface area contributed by atoms with Gasteiger partial charge in [-0.05, 0) is 50.6 Å². The highest BCUT2D eigenvalue weighted by molar-refractivity contribution is 5.35. The zero-order valence-electron chi connectivity index (χ0n) is 12.6. The lowest BCUT2D eigenvalue weighted by atomic mass is 9.76. The predicted octanol–water partition coefficient (Wildman–Crippen LogP) is 3.85. The zero-order valence-corrected chi connectivity index (χ0v) is 12.6. The zero-order chi connectivity index (χ0) is 13.7.